The van der Waals surface area contributed by atoms with Crippen molar-refractivity contribution in [2.45, 2.75) is 6.92 Å². The van der Waals surface area contributed by atoms with Crippen LogP contribution in [0.15, 0.2) is 41.4 Å². The van der Waals surface area contributed by atoms with Gasteiger partial charge in [0.2, 0.25) is 11.8 Å². The van der Waals surface area contributed by atoms with E-state index < -0.39 is 11.9 Å². The molecule has 0 radical (unpaired) electrons. The number of ether oxygens (including phenoxy) is 3. The molecule has 0 bridgehead atoms. The molecule has 0 saturated heterocycles. The lowest BCUT2D eigenvalue weighted by Gasteiger charge is -2.23. The summed E-state index contributed by atoms with van der Waals surface area (Å²) in [5, 5.41) is 0. The maximum absolute atomic E-state index is 12.9. The number of benzene rings is 2. The summed E-state index contributed by atoms with van der Waals surface area (Å²) in [4.78, 5) is 42.5. The van der Waals surface area contributed by atoms with Crippen LogP contribution in [0.2, 0.25) is 0 Å². The Kier molecular flexibility index (Phi) is 6.54. The molecule has 31 heavy (non-hydrogen) atoms. The van der Waals surface area contributed by atoms with E-state index in [1.165, 1.54) is 19.1 Å². The van der Waals surface area contributed by atoms with Crippen LogP contribution in [-0.2, 0) is 14.3 Å². The van der Waals surface area contributed by atoms with Crippen LogP contribution < -0.4 is 20.1 Å². The number of amides is 2. The number of fused-ring (bicyclic) bond motifs is 1. The Hall–Kier alpha value is -3.88. The number of carbonyl (C=O) groups excluding carboxylic acids is 3. The van der Waals surface area contributed by atoms with Gasteiger partial charge < -0.3 is 19.9 Å². The second-order valence-electron chi connectivity index (χ2n) is 6.62. The van der Waals surface area contributed by atoms with Gasteiger partial charge in [-0.3, -0.25) is 24.3 Å². The Labute approximate surface area is 179 Å². The summed E-state index contributed by atoms with van der Waals surface area (Å²) in [6, 6.07) is 9.94. The van der Waals surface area contributed by atoms with Crippen molar-refractivity contribution in [3.8, 4) is 11.5 Å². The molecule has 0 unspecified atom stereocenters. The number of nitrogens with two attached hydrogens (primary N) is 1. The van der Waals surface area contributed by atoms with Crippen molar-refractivity contribution in [2.75, 3.05) is 38.8 Å². The summed E-state index contributed by atoms with van der Waals surface area (Å²) >= 11 is 0. The molecule has 1 aliphatic rings. The zero-order valence-corrected chi connectivity index (χ0v) is 17.5. The van der Waals surface area contributed by atoms with E-state index in [1.807, 2.05) is 0 Å². The van der Waals surface area contributed by atoms with Crippen LogP contribution in [-0.4, -0.2) is 57.4 Å². The molecule has 162 valence electrons. The number of carbonyl (C=O) groups is 3. The van der Waals surface area contributed by atoms with Gasteiger partial charge in [0.25, 0.3) is 0 Å². The first kappa shape index (κ1) is 21.8. The third kappa shape index (κ3) is 4.50. The molecular formula is C22H23N3O6. The fourth-order valence-electron chi connectivity index (χ4n) is 3.31. The number of nitrogens with zero attached hydrogens (tertiary/aromatic N) is 2. The molecule has 2 N–H and O–H groups in total. The van der Waals surface area contributed by atoms with Gasteiger partial charge in [0.05, 0.1) is 32.2 Å². The number of primary amides is 1. The van der Waals surface area contributed by atoms with Crippen LogP contribution in [0.25, 0.3) is 0 Å². The fourth-order valence-corrected chi connectivity index (χ4v) is 3.31. The van der Waals surface area contributed by atoms with Crippen LogP contribution in [0.1, 0.15) is 28.4 Å². The second kappa shape index (κ2) is 9.29. The Morgan fingerprint density at radius 2 is 1.84 bits per heavy atom. The summed E-state index contributed by atoms with van der Waals surface area (Å²) in [6.45, 7) is 1.41. The minimum Gasteiger partial charge on any atom is -0.493 e. The Morgan fingerprint density at radius 1 is 1.13 bits per heavy atom. The normalized spacial score (nSPS) is 13.1. The average Bonchev–Trinajstić information content (AvgIpc) is 2.89. The maximum Gasteiger partial charge on any atom is 0.326 e. The van der Waals surface area contributed by atoms with Crippen LogP contribution in [0.5, 0.6) is 11.5 Å². The smallest absolute Gasteiger partial charge is 0.326 e. The van der Waals surface area contributed by atoms with E-state index in [9.17, 15) is 14.4 Å². The Morgan fingerprint density at radius 3 is 2.48 bits per heavy atom. The highest BCUT2D eigenvalue weighted by Gasteiger charge is 2.29. The van der Waals surface area contributed by atoms with Gasteiger partial charge in [-0.1, -0.05) is 12.1 Å². The van der Waals surface area contributed by atoms with Crippen molar-refractivity contribution in [1.29, 1.82) is 0 Å². The van der Waals surface area contributed by atoms with Gasteiger partial charge >= 0.3 is 5.97 Å². The van der Waals surface area contributed by atoms with E-state index >= 15 is 0 Å². The highest BCUT2D eigenvalue weighted by Crippen LogP contribution is 2.37. The predicted octanol–water partition coefficient (Wildman–Crippen LogP) is 1.55. The van der Waals surface area contributed by atoms with Crippen molar-refractivity contribution in [1.82, 2.24) is 0 Å². The number of hydrogen-bond acceptors (Lipinski definition) is 7. The summed E-state index contributed by atoms with van der Waals surface area (Å²) < 4.78 is 15.8. The van der Waals surface area contributed by atoms with Crippen LogP contribution >= 0.6 is 0 Å². The van der Waals surface area contributed by atoms with E-state index in [1.54, 1.807) is 43.3 Å². The third-order valence-electron chi connectivity index (χ3n) is 4.73. The lowest BCUT2D eigenvalue weighted by molar-refractivity contribution is -0.142. The molecule has 1 aliphatic heterocycles. The molecule has 2 amide bonds. The Bertz CT molecular complexity index is 1060. The minimum absolute atomic E-state index is 0.196. The van der Waals surface area contributed by atoms with Gasteiger partial charge in [-0.2, -0.15) is 0 Å². The fraction of sp³-hybridized carbons (Fsp3) is 0.273. The third-order valence-corrected chi connectivity index (χ3v) is 4.73. The predicted molar refractivity (Wildman–Crippen MR) is 114 cm³/mol. The van der Waals surface area contributed by atoms with Crippen molar-refractivity contribution >= 4 is 29.2 Å². The van der Waals surface area contributed by atoms with Gasteiger partial charge in [-0.05, 0) is 25.1 Å². The van der Waals surface area contributed by atoms with Crippen molar-refractivity contribution in [3.63, 3.8) is 0 Å². The van der Waals surface area contributed by atoms with E-state index in [0.29, 0.717) is 39.6 Å². The number of anilines is 1. The lowest BCUT2D eigenvalue weighted by atomic mass is 9.97. The van der Waals surface area contributed by atoms with Crippen LogP contribution in [0, 0.1) is 0 Å². The number of rotatable bonds is 7. The second-order valence-corrected chi connectivity index (χ2v) is 6.62. The summed E-state index contributed by atoms with van der Waals surface area (Å²) in [5.41, 5.74) is 7.73. The maximum atomic E-state index is 12.9. The first-order valence-electron chi connectivity index (χ1n) is 9.56. The van der Waals surface area contributed by atoms with E-state index in [2.05, 4.69) is 4.99 Å². The molecule has 9 heteroatoms. The molecule has 1 heterocycles. The van der Waals surface area contributed by atoms with Crippen molar-refractivity contribution in [2.24, 2.45) is 10.7 Å². The summed E-state index contributed by atoms with van der Waals surface area (Å²) in [7, 11) is 2.97. The number of esters is 1. The average molecular weight is 425 g/mol. The highest BCUT2D eigenvalue weighted by atomic mass is 16.5. The standard InChI is InChI=1S/C22H23N3O6/c1-4-31-20(27)12-25-16-10-18(30-3)17(29-2)9-15(16)21(24-11-19(25)26)13-6-5-7-14(8-13)22(23)28/h5-10H,4,11-12H2,1-3H3,(H2,23,28). The molecule has 0 saturated carbocycles. The minimum atomic E-state index is -0.580. The molecule has 0 aliphatic carbocycles. The van der Waals surface area contributed by atoms with Gasteiger partial charge in [0, 0.05) is 22.8 Å². The van der Waals surface area contributed by atoms with Gasteiger partial charge in [0.1, 0.15) is 13.1 Å². The molecule has 0 atom stereocenters. The number of aliphatic imine (C=N–C) groups is 1. The van der Waals surface area contributed by atoms with Gasteiger partial charge in [-0.25, -0.2) is 0 Å². The molecule has 0 spiro atoms. The molecule has 2 aromatic rings. The zero-order chi connectivity index (χ0) is 22.5. The van der Waals surface area contributed by atoms with Gasteiger partial charge in [0.15, 0.2) is 11.5 Å². The van der Waals surface area contributed by atoms with E-state index in [-0.39, 0.29) is 25.6 Å². The first-order chi connectivity index (χ1) is 14.9. The monoisotopic (exact) mass is 425 g/mol. The van der Waals surface area contributed by atoms with E-state index in [4.69, 9.17) is 19.9 Å². The Balaban J connectivity index is 2.21. The molecular weight excluding hydrogens is 402 g/mol. The molecule has 0 fully saturated rings. The first-order valence-corrected chi connectivity index (χ1v) is 9.56. The van der Waals surface area contributed by atoms with Crippen molar-refractivity contribution < 1.29 is 28.6 Å². The zero-order valence-electron chi connectivity index (χ0n) is 17.5. The number of benzodiazepines with no additional fused rings is 1. The topological polar surface area (TPSA) is 121 Å². The summed E-state index contributed by atoms with van der Waals surface area (Å²) in [6.07, 6.45) is 0. The highest BCUT2D eigenvalue weighted by molar-refractivity contribution is 6.21. The molecule has 2 aromatic carbocycles. The quantitative estimate of drug-likeness (QED) is 0.672. The lowest BCUT2D eigenvalue weighted by Crippen LogP contribution is -2.37. The van der Waals surface area contributed by atoms with Crippen LogP contribution in [0.3, 0.4) is 0 Å². The molecule has 0 aromatic heterocycles. The van der Waals surface area contributed by atoms with Crippen LogP contribution in [0.4, 0.5) is 5.69 Å². The SMILES string of the molecule is CCOC(=O)CN1C(=O)CN=C(c2cccc(C(N)=O)c2)c2cc(OC)c(OC)cc21. The van der Waals surface area contributed by atoms with E-state index in [0.717, 1.165) is 0 Å². The number of methoxy groups -OCH3 is 2. The summed E-state index contributed by atoms with van der Waals surface area (Å²) in [5.74, 6) is -0.706. The molecule has 9 nitrogen and oxygen atoms in total. The largest absolute Gasteiger partial charge is 0.493 e. The van der Waals surface area contributed by atoms with Gasteiger partial charge in [-0.15, -0.1) is 0 Å². The molecule has 3 rings (SSSR count). The van der Waals surface area contributed by atoms with Crippen molar-refractivity contribution in [3.05, 3.63) is 53.1 Å². The number of hydrogen-bond donors (Lipinski definition) is 1.